The molecule has 0 radical (unpaired) electrons. The predicted octanol–water partition coefficient (Wildman–Crippen LogP) is 3.67. The molecular formula is C17H23N3O. The van der Waals surface area contributed by atoms with E-state index in [0.29, 0.717) is 11.5 Å². The summed E-state index contributed by atoms with van der Waals surface area (Å²) in [7, 11) is 1.86. The van der Waals surface area contributed by atoms with Gasteiger partial charge in [0.1, 0.15) is 0 Å². The van der Waals surface area contributed by atoms with Crippen molar-refractivity contribution in [3.8, 4) is 0 Å². The first-order valence-corrected chi connectivity index (χ1v) is 7.37. The van der Waals surface area contributed by atoms with Gasteiger partial charge in [0.15, 0.2) is 0 Å². The Labute approximate surface area is 126 Å². The van der Waals surface area contributed by atoms with Crippen molar-refractivity contribution in [1.82, 2.24) is 9.78 Å². The summed E-state index contributed by atoms with van der Waals surface area (Å²) in [5.74, 6) is 0.274. The number of amides is 1. The first kappa shape index (κ1) is 15.3. The molecule has 112 valence electrons. The zero-order valence-corrected chi connectivity index (χ0v) is 13.4. The van der Waals surface area contributed by atoms with Crippen LogP contribution in [-0.4, -0.2) is 15.7 Å². The molecule has 4 heteroatoms. The van der Waals surface area contributed by atoms with Gasteiger partial charge in [0.25, 0.3) is 5.91 Å². The Morgan fingerprint density at radius 3 is 2.71 bits per heavy atom. The van der Waals surface area contributed by atoms with Crippen molar-refractivity contribution in [1.29, 1.82) is 0 Å². The van der Waals surface area contributed by atoms with Gasteiger partial charge >= 0.3 is 0 Å². The Morgan fingerprint density at radius 2 is 2.10 bits per heavy atom. The van der Waals surface area contributed by atoms with Crippen molar-refractivity contribution >= 4 is 11.6 Å². The minimum absolute atomic E-state index is 0.0869. The molecule has 0 aliphatic carbocycles. The van der Waals surface area contributed by atoms with Crippen molar-refractivity contribution in [3.05, 3.63) is 46.8 Å². The first-order chi connectivity index (χ1) is 9.95. The standard InChI is InChI=1S/C17H23N3O/c1-6-15-14(10-18-20(15)5)17(21)19-16-12(4)8-7-9-13(16)11(2)3/h7-11H,6H2,1-5H3,(H,19,21). The summed E-state index contributed by atoms with van der Waals surface area (Å²) in [6.07, 6.45) is 2.42. The number of hydrogen-bond acceptors (Lipinski definition) is 2. The Morgan fingerprint density at radius 1 is 1.38 bits per heavy atom. The average Bonchev–Trinajstić information content (AvgIpc) is 2.81. The largest absolute Gasteiger partial charge is 0.321 e. The maximum Gasteiger partial charge on any atom is 0.259 e. The fraction of sp³-hybridized carbons (Fsp3) is 0.412. The molecule has 0 fully saturated rings. The predicted molar refractivity (Wildman–Crippen MR) is 85.8 cm³/mol. The number of para-hydroxylation sites is 1. The van der Waals surface area contributed by atoms with Crippen molar-refractivity contribution < 1.29 is 4.79 Å². The highest BCUT2D eigenvalue weighted by molar-refractivity contribution is 6.05. The molecule has 0 atom stereocenters. The minimum Gasteiger partial charge on any atom is -0.321 e. The fourth-order valence-corrected chi connectivity index (χ4v) is 2.60. The van der Waals surface area contributed by atoms with Crippen LogP contribution in [0.5, 0.6) is 0 Å². The number of nitrogens with one attached hydrogen (secondary N) is 1. The highest BCUT2D eigenvalue weighted by atomic mass is 16.1. The quantitative estimate of drug-likeness (QED) is 0.931. The van der Waals surface area contributed by atoms with Crippen molar-refractivity contribution in [2.24, 2.45) is 7.05 Å². The summed E-state index contributed by atoms with van der Waals surface area (Å²) in [6, 6.07) is 6.12. The summed E-state index contributed by atoms with van der Waals surface area (Å²) < 4.78 is 1.76. The second-order valence-electron chi connectivity index (χ2n) is 5.63. The van der Waals surface area contributed by atoms with Gasteiger partial charge in [0.05, 0.1) is 17.5 Å². The van der Waals surface area contributed by atoms with Gasteiger partial charge in [0.2, 0.25) is 0 Å². The van der Waals surface area contributed by atoms with Crippen LogP contribution in [0.15, 0.2) is 24.4 Å². The number of hydrogen-bond donors (Lipinski definition) is 1. The molecule has 0 unspecified atom stereocenters. The van der Waals surface area contributed by atoms with Gasteiger partial charge in [-0.2, -0.15) is 5.10 Å². The van der Waals surface area contributed by atoms with E-state index in [1.807, 2.05) is 33.0 Å². The molecule has 0 bridgehead atoms. The maximum absolute atomic E-state index is 12.6. The van der Waals surface area contributed by atoms with Crippen molar-refractivity contribution in [3.63, 3.8) is 0 Å². The van der Waals surface area contributed by atoms with Crippen LogP contribution < -0.4 is 5.32 Å². The summed E-state index contributed by atoms with van der Waals surface area (Å²) in [6.45, 7) is 8.31. The topological polar surface area (TPSA) is 46.9 Å². The fourth-order valence-electron chi connectivity index (χ4n) is 2.60. The molecule has 1 heterocycles. The van der Waals surface area contributed by atoms with Gasteiger partial charge in [0, 0.05) is 12.7 Å². The van der Waals surface area contributed by atoms with Crippen LogP contribution in [-0.2, 0) is 13.5 Å². The summed E-state index contributed by atoms with van der Waals surface area (Å²) in [4.78, 5) is 12.6. The Hall–Kier alpha value is -2.10. The summed E-state index contributed by atoms with van der Waals surface area (Å²) in [5.41, 5.74) is 4.76. The van der Waals surface area contributed by atoms with E-state index in [1.54, 1.807) is 10.9 Å². The molecule has 1 aromatic carbocycles. The third-order valence-electron chi connectivity index (χ3n) is 3.81. The molecule has 1 N–H and O–H groups in total. The second kappa shape index (κ2) is 6.12. The van der Waals surface area contributed by atoms with E-state index in [0.717, 1.165) is 28.9 Å². The zero-order valence-electron chi connectivity index (χ0n) is 13.4. The van der Waals surface area contributed by atoms with Crippen LogP contribution in [0.4, 0.5) is 5.69 Å². The third-order valence-corrected chi connectivity index (χ3v) is 3.81. The highest BCUT2D eigenvalue weighted by Crippen LogP contribution is 2.28. The van der Waals surface area contributed by atoms with E-state index in [-0.39, 0.29) is 5.91 Å². The molecule has 2 aromatic rings. The van der Waals surface area contributed by atoms with Crippen LogP contribution >= 0.6 is 0 Å². The number of nitrogens with zero attached hydrogens (tertiary/aromatic N) is 2. The molecule has 2 rings (SSSR count). The molecular weight excluding hydrogens is 262 g/mol. The van der Waals surface area contributed by atoms with Gasteiger partial charge < -0.3 is 5.32 Å². The molecule has 4 nitrogen and oxygen atoms in total. The molecule has 0 aliphatic heterocycles. The van der Waals surface area contributed by atoms with Crippen LogP contribution in [0.25, 0.3) is 0 Å². The Kier molecular flexibility index (Phi) is 4.46. The number of rotatable bonds is 4. The van der Waals surface area contributed by atoms with Crippen LogP contribution in [0.2, 0.25) is 0 Å². The molecule has 21 heavy (non-hydrogen) atoms. The second-order valence-corrected chi connectivity index (χ2v) is 5.63. The number of benzene rings is 1. The monoisotopic (exact) mass is 285 g/mol. The number of carbonyl (C=O) groups is 1. The van der Waals surface area contributed by atoms with E-state index in [4.69, 9.17) is 0 Å². The van der Waals surface area contributed by atoms with Gasteiger partial charge in [-0.3, -0.25) is 9.48 Å². The number of aromatic nitrogens is 2. The van der Waals surface area contributed by atoms with E-state index >= 15 is 0 Å². The minimum atomic E-state index is -0.0869. The number of anilines is 1. The molecule has 1 aromatic heterocycles. The molecule has 0 saturated heterocycles. The van der Waals surface area contributed by atoms with E-state index in [9.17, 15) is 4.79 Å². The molecule has 0 spiro atoms. The lowest BCUT2D eigenvalue weighted by atomic mass is 9.98. The first-order valence-electron chi connectivity index (χ1n) is 7.37. The van der Waals surface area contributed by atoms with Gasteiger partial charge in [-0.1, -0.05) is 39.0 Å². The number of aryl methyl sites for hydroxylation is 2. The van der Waals surface area contributed by atoms with Crippen molar-refractivity contribution in [2.75, 3.05) is 5.32 Å². The van der Waals surface area contributed by atoms with Gasteiger partial charge in [-0.15, -0.1) is 0 Å². The third kappa shape index (κ3) is 2.99. The van der Waals surface area contributed by atoms with Crippen LogP contribution in [0.1, 0.15) is 53.9 Å². The SMILES string of the molecule is CCc1c(C(=O)Nc2c(C)cccc2C(C)C)cnn1C. The Bertz CT molecular complexity index is 656. The van der Waals surface area contributed by atoms with Crippen LogP contribution in [0, 0.1) is 6.92 Å². The lowest BCUT2D eigenvalue weighted by Crippen LogP contribution is -2.16. The van der Waals surface area contributed by atoms with E-state index < -0.39 is 0 Å². The highest BCUT2D eigenvalue weighted by Gasteiger charge is 2.17. The normalized spacial score (nSPS) is 11.0. The van der Waals surface area contributed by atoms with Crippen LogP contribution in [0.3, 0.4) is 0 Å². The van der Waals surface area contributed by atoms with E-state index in [2.05, 4.69) is 30.3 Å². The van der Waals surface area contributed by atoms with Crippen molar-refractivity contribution in [2.45, 2.75) is 40.0 Å². The molecule has 0 saturated carbocycles. The smallest absolute Gasteiger partial charge is 0.259 e. The Balaban J connectivity index is 2.36. The molecule has 0 aliphatic rings. The lowest BCUT2D eigenvalue weighted by molar-refractivity contribution is 0.102. The summed E-state index contributed by atoms with van der Waals surface area (Å²) >= 11 is 0. The van der Waals surface area contributed by atoms with Gasteiger partial charge in [-0.25, -0.2) is 0 Å². The zero-order chi connectivity index (χ0) is 15.6. The maximum atomic E-state index is 12.6. The average molecular weight is 285 g/mol. The number of carbonyl (C=O) groups excluding carboxylic acids is 1. The lowest BCUT2D eigenvalue weighted by Gasteiger charge is -2.16. The summed E-state index contributed by atoms with van der Waals surface area (Å²) in [5, 5.41) is 7.26. The molecule has 1 amide bonds. The van der Waals surface area contributed by atoms with E-state index in [1.165, 1.54) is 0 Å². The van der Waals surface area contributed by atoms with Gasteiger partial charge in [-0.05, 0) is 30.4 Å².